The van der Waals surface area contributed by atoms with Crippen molar-refractivity contribution in [2.75, 3.05) is 0 Å². The maximum absolute atomic E-state index is 2.46. The van der Waals surface area contributed by atoms with Gasteiger partial charge in [0.25, 0.3) is 0 Å². The van der Waals surface area contributed by atoms with Gasteiger partial charge in [-0.1, -0.05) is 200 Å². The van der Waals surface area contributed by atoms with Crippen LogP contribution in [0, 0.1) is 0 Å². The molecule has 3 aliphatic carbocycles. The molecule has 0 aliphatic heterocycles. The van der Waals surface area contributed by atoms with E-state index in [0.717, 1.165) is 0 Å². The van der Waals surface area contributed by atoms with E-state index in [1.54, 1.807) is 0 Å². The van der Waals surface area contributed by atoms with Gasteiger partial charge in [-0.15, -0.1) is 0 Å². The maximum Gasteiger partial charge on any atom is 0.0159 e. The van der Waals surface area contributed by atoms with E-state index in [1.807, 2.05) is 0 Å². The van der Waals surface area contributed by atoms with Gasteiger partial charge in [0, 0.05) is 10.8 Å². The summed E-state index contributed by atoms with van der Waals surface area (Å²) in [5, 5.41) is 2.70. The van der Waals surface area contributed by atoms with Crippen LogP contribution in [0.25, 0.3) is 99.8 Å². The molecule has 0 amide bonds. The van der Waals surface area contributed by atoms with E-state index in [2.05, 4.69) is 224 Å². The first-order valence-electron chi connectivity index (χ1n) is 22.3. The van der Waals surface area contributed by atoms with E-state index in [4.69, 9.17) is 0 Å². The highest BCUT2D eigenvalue weighted by Crippen LogP contribution is 2.54. The molecule has 0 radical (unpaired) electrons. The number of hydrogen-bond donors (Lipinski definition) is 0. The van der Waals surface area contributed by atoms with Gasteiger partial charge >= 0.3 is 0 Å². The van der Waals surface area contributed by atoms with Crippen LogP contribution in [0.4, 0.5) is 0 Å². The Kier molecular flexibility index (Phi) is 7.70. The smallest absolute Gasteiger partial charge is 0.0159 e. The topological polar surface area (TPSA) is 0 Å². The predicted molar refractivity (Wildman–Crippen MR) is 264 cm³/mol. The first kappa shape index (κ1) is 37.0. The number of fused-ring (bicyclic) bond motifs is 9. The molecule has 0 saturated heterocycles. The quantitative estimate of drug-likeness (QED) is 0.166. The molecule has 9 aromatic carbocycles. The standard InChI is InChI=1S/C62H50/c1-60(2,3)44-26-30-46-52-13-10-12-51-45(31-32-53(59(51)52)54(46)36-44)40-21-19-38(20-22-40)37-15-17-39(18-16-37)41-23-27-49-50-29-25-43(35-58(50)62(6,7)57(49)33-41)42-24-28-48-47-11-8-9-14-55(47)61(4,5)56(48)34-42/h8-36H,1-7H3. The molecule has 12 rings (SSSR count). The Morgan fingerprint density at radius 3 is 1.27 bits per heavy atom. The third-order valence-electron chi connectivity index (χ3n) is 14.8. The highest BCUT2D eigenvalue weighted by Gasteiger charge is 2.37. The molecule has 0 N–H and O–H groups in total. The number of benzene rings is 9. The molecule has 0 fully saturated rings. The lowest BCUT2D eigenvalue weighted by molar-refractivity contribution is 0.590. The monoisotopic (exact) mass is 794 g/mol. The van der Waals surface area contributed by atoms with E-state index in [0.29, 0.717) is 0 Å². The van der Waals surface area contributed by atoms with Crippen molar-refractivity contribution in [1.82, 2.24) is 0 Å². The van der Waals surface area contributed by atoms with Gasteiger partial charge in [-0.3, -0.25) is 0 Å². The van der Waals surface area contributed by atoms with Gasteiger partial charge in [-0.2, -0.15) is 0 Å². The molecule has 0 aromatic heterocycles. The summed E-state index contributed by atoms with van der Waals surface area (Å²) >= 11 is 0. The minimum atomic E-state index is -0.116. The fraction of sp³-hybridized carbons (Fsp3) is 0.161. The molecule has 0 heterocycles. The van der Waals surface area contributed by atoms with Gasteiger partial charge in [-0.25, -0.2) is 0 Å². The SMILES string of the molecule is CC(C)(C)c1ccc2c(c1)-c1ccc(-c3ccc(-c4ccc(-c5ccc6c(c5)C(C)(C)c5cc(-c7ccc8c(c7)C(C)(C)c7ccccc7-8)ccc5-6)cc4)cc3)c3cccc-2c13. The summed E-state index contributed by atoms with van der Waals surface area (Å²) < 4.78 is 0. The number of hydrogen-bond acceptors (Lipinski definition) is 0. The Labute approximate surface area is 366 Å². The van der Waals surface area contributed by atoms with E-state index in [9.17, 15) is 0 Å². The lowest BCUT2D eigenvalue weighted by atomic mass is 9.80. The van der Waals surface area contributed by atoms with Gasteiger partial charge in [0.05, 0.1) is 0 Å². The van der Waals surface area contributed by atoms with Crippen LogP contribution in [0.1, 0.15) is 76.3 Å². The Bertz CT molecular complexity index is 3340. The lowest BCUT2D eigenvalue weighted by Gasteiger charge is -2.23. The first-order chi connectivity index (χ1) is 29.9. The van der Waals surface area contributed by atoms with Crippen molar-refractivity contribution in [3.8, 4) is 89.0 Å². The predicted octanol–water partition coefficient (Wildman–Crippen LogP) is 17.1. The highest BCUT2D eigenvalue weighted by atomic mass is 14.4. The van der Waals surface area contributed by atoms with Crippen molar-refractivity contribution in [2.45, 2.75) is 64.7 Å². The summed E-state index contributed by atoms with van der Waals surface area (Å²) in [6.45, 7) is 16.4. The van der Waals surface area contributed by atoms with Gasteiger partial charge in [0.15, 0.2) is 0 Å². The molecule has 62 heavy (non-hydrogen) atoms. The molecule has 0 atom stereocenters. The zero-order valence-electron chi connectivity index (χ0n) is 36.7. The van der Waals surface area contributed by atoms with Crippen LogP contribution in [0.5, 0.6) is 0 Å². The number of rotatable bonds is 4. The van der Waals surface area contributed by atoms with Crippen molar-refractivity contribution in [1.29, 1.82) is 0 Å². The Balaban J connectivity index is 0.808. The Hall–Kier alpha value is -6.76. The minimum absolute atomic E-state index is 0.0156. The zero-order chi connectivity index (χ0) is 42.3. The normalized spacial score (nSPS) is 14.6. The van der Waals surface area contributed by atoms with Gasteiger partial charge in [0.2, 0.25) is 0 Å². The molecule has 0 saturated carbocycles. The average molecular weight is 795 g/mol. The second-order valence-electron chi connectivity index (χ2n) is 20.1. The highest BCUT2D eigenvalue weighted by molar-refractivity contribution is 6.18. The largest absolute Gasteiger partial charge is 0.0619 e. The fourth-order valence-electron chi connectivity index (χ4n) is 11.3. The van der Waals surface area contributed by atoms with Crippen LogP contribution in [0.15, 0.2) is 176 Å². The first-order valence-corrected chi connectivity index (χ1v) is 22.3. The van der Waals surface area contributed by atoms with Crippen LogP contribution in [-0.4, -0.2) is 0 Å². The fourth-order valence-corrected chi connectivity index (χ4v) is 11.3. The van der Waals surface area contributed by atoms with Crippen LogP contribution in [0.2, 0.25) is 0 Å². The van der Waals surface area contributed by atoms with E-state index in [-0.39, 0.29) is 16.2 Å². The van der Waals surface area contributed by atoms with Gasteiger partial charge in [0.1, 0.15) is 0 Å². The minimum Gasteiger partial charge on any atom is -0.0619 e. The van der Waals surface area contributed by atoms with Crippen molar-refractivity contribution in [2.24, 2.45) is 0 Å². The van der Waals surface area contributed by atoms with Crippen molar-refractivity contribution in [3.63, 3.8) is 0 Å². The van der Waals surface area contributed by atoms with Crippen molar-refractivity contribution in [3.05, 3.63) is 204 Å². The van der Waals surface area contributed by atoms with Crippen LogP contribution in [-0.2, 0) is 16.2 Å². The van der Waals surface area contributed by atoms with Crippen LogP contribution >= 0.6 is 0 Å². The molecule has 298 valence electrons. The maximum atomic E-state index is 2.46. The summed E-state index contributed by atoms with van der Waals surface area (Å²) in [4.78, 5) is 0. The molecular weight excluding hydrogens is 745 g/mol. The van der Waals surface area contributed by atoms with E-state index < -0.39 is 0 Å². The van der Waals surface area contributed by atoms with Gasteiger partial charge in [-0.05, 0) is 157 Å². The molecule has 0 heteroatoms. The van der Waals surface area contributed by atoms with Gasteiger partial charge < -0.3 is 0 Å². The molecule has 0 nitrogen and oxygen atoms in total. The third kappa shape index (κ3) is 5.32. The lowest BCUT2D eigenvalue weighted by Crippen LogP contribution is -2.15. The molecular formula is C62H50. The average Bonchev–Trinajstić information content (AvgIpc) is 3.83. The van der Waals surface area contributed by atoms with E-state index in [1.165, 1.54) is 128 Å². The molecule has 9 aromatic rings. The Morgan fingerprint density at radius 2 is 0.694 bits per heavy atom. The summed E-state index contributed by atoms with van der Waals surface area (Å²) in [6, 6.07) is 67.1. The zero-order valence-corrected chi connectivity index (χ0v) is 36.7. The summed E-state index contributed by atoms with van der Waals surface area (Å²) in [6.07, 6.45) is 0. The molecule has 0 unspecified atom stereocenters. The van der Waals surface area contributed by atoms with Crippen molar-refractivity contribution >= 4 is 10.8 Å². The molecule has 3 aliphatic rings. The van der Waals surface area contributed by atoms with Crippen LogP contribution < -0.4 is 0 Å². The van der Waals surface area contributed by atoms with E-state index >= 15 is 0 Å². The molecule has 0 spiro atoms. The van der Waals surface area contributed by atoms with Crippen molar-refractivity contribution < 1.29 is 0 Å². The summed E-state index contributed by atoms with van der Waals surface area (Å²) in [5.41, 5.74) is 27.9. The third-order valence-corrected chi connectivity index (χ3v) is 14.8. The summed E-state index contributed by atoms with van der Waals surface area (Å²) in [5.74, 6) is 0. The second-order valence-corrected chi connectivity index (χ2v) is 20.1. The second kappa shape index (κ2) is 12.9. The Morgan fingerprint density at radius 1 is 0.290 bits per heavy atom. The summed E-state index contributed by atoms with van der Waals surface area (Å²) in [7, 11) is 0. The molecule has 0 bridgehead atoms. The van der Waals surface area contributed by atoms with Crippen LogP contribution in [0.3, 0.4) is 0 Å².